The average molecular weight is 244 g/mol. The molecule has 16 heavy (non-hydrogen) atoms. The maximum absolute atomic E-state index is 12.3. The summed E-state index contributed by atoms with van der Waals surface area (Å²) in [6.45, 7) is 7.60. The van der Waals surface area contributed by atoms with Crippen molar-refractivity contribution < 1.29 is 4.79 Å². The van der Waals surface area contributed by atoms with Crippen LogP contribution >= 0.6 is 11.8 Å². The Bertz CT molecular complexity index is 260. The molecule has 3 nitrogen and oxygen atoms in total. The molecule has 1 aliphatic rings. The van der Waals surface area contributed by atoms with Crippen LogP contribution in [0.3, 0.4) is 0 Å². The van der Waals surface area contributed by atoms with E-state index < -0.39 is 0 Å². The SMILES string of the molecule is CN(CC(C)(C)CN)C(=O)C1(C)CCCS1. The summed E-state index contributed by atoms with van der Waals surface area (Å²) in [6.07, 6.45) is 2.16. The fourth-order valence-corrected chi connectivity index (χ4v) is 3.44. The van der Waals surface area contributed by atoms with Crippen LogP contribution in [-0.4, -0.2) is 41.4 Å². The summed E-state index contributed by atoms with van der Waals surface area (Å²) in [7, 11) is 1.89. The number of nitrogens with zero attached hydrogens (tertiary/aromatic N) is 1. The topological polar surface area (TPSA) is 46.3 Å². The number of hydrogen-bond donors (Lipinski definition) is 1. The number of amides is 1. The molecule has 94 valence electrons. The summed E-state index contributed by atoms with van der Waals surface area (Å²) in [5.74, 6) is 1.37. The van der Waals surface area contributed by atoms with Crippen LogP contribution in [0.4, 0.5) is 0 Å². The van der Waals surface area contributed by atoms with Crippen LogP contribution < -0.4 is 5.73 Å². The Morgan fingerprint density at radius 3 is 2.62 bits per heavy atom. The van der Waals surface area contributed by atoms with Gasteiger partial charge in [-0.25, -0.2) is 0 Å². The maximum atomic E-state index is 12.3. The van der Waals surface area contributed by atoms with Crippen molar-refractivity contribution in [1.82, 2.24) is 4.90 Å². The van der Waals surface area contributed by atoms with E-state index in [4.69, 9.17) is 5.73 Å². The minimum absolute atomic E-state index is 0.00401. The lowest BCUT2D eigenvalue weighted by atomic mass is 9.92. The van der Waals surface area contributed by atoms with E-state index in [1.807, 2.05) is 11.9 Å². The van der Waals surface area contributed by atoms with Gasteiger partial charge in [-0.1, -0.05) is 13.8 Å². The lowest BCUT2D eigenvalue weighted by Gasteiger charge is -2.33. The summed E-state index contributed by atoms with van der Waals surface area (Å²) in [5, 5.41) is 0. The molecule has 1 heterocycles. The molecule has 4 heteroatoms. The second-order valence-electron chi connectivity index (χ2n) is 5.71. The molecule has 1 unspecified atom stereocenters. The van der Waals surface area contributed by atoms with Gasteiger partial charge in [0.2, 0.25) is 5.91 Å². The number of hydrogen-bond acceptors (Lipinski definition) is 3. The van der Waals surface area contributed by atoms with Crippen LogP contribution in [0.15, 0.2) is 0 Å². The molecular weight excluding hydrogens is 220 g/mol. The fourth-order valence-electron chi connectivity index (χ4n) is 2.13. The van der Waals surface area contributed by atoms with Gasteiger partial charge in [0.15, 0.2) is 0 Å². The van der Waals surface area contributed by atoms with E-state index in [1.165, 1.54) is 0 Å². The predicted molar refractivity (Wildman–Crippen MR) is 70.6 cm³/mol. The van der Waals surface area contributed by atoms with Crippen molar-refractivity contribution in [3.05, 3.63) is 0 Å². The Morgan fingerprint density at radius 1 is 1.56 bits per heavy atom. The van der Waals surface area contributed by atoms with Crippen molar-refractivity contribution in [1.29, 1.82) is 0 Å². The molecule has 1 saturated heterocycles. The van der Waals surface area contributed by atoms with Crippen LogP contribution in [0.5, 0.6) is 0 Å². The summed E-state index contributed by atoms with van der Waals surface area (Å²) in [4.78, 5) is 14.2. The molecule has 1 rings (SSSR count). The molecule has 0 spiro atoms. The lowest BCUT2D eigenvalue weighted by Crippen LogP contribution is -2.46. The Labute approximate surface area is 103 Å². The van der Waals surface area contributed by atoms with Crippen molar-refractivity contribution >= 4 is 17.7 Å². The van der Waals surface area contributed by atoms with Gasteiger partial charge in [-0.2, -0.15) is 0 Å². The van der Waals surface area contributed by atoms with E-state index in [-0.39, 0.29) is 16.1 Å². The van der Waals surface area contributed by atoms with Crippen LogP contribution in [0.25, 0.3) is 0 Å². The average Bonchev–Trinajstić information content (AvgIpc) is 2.64. The highest BCUT2D eigenvalue weighted by Gasteiger charge is 2.39. The zero-order valence-corrected chi connectivity index (χ0v) is 11.7. The summed E-state index contributed by atoms with van der Waals surface area (Å²) in [6, 6.07) is 0. The quantitative estimate of drug-likeness (QED) is 0.819. The van der Waals surface area contributed by atoms with Crippen molar-refractivity contribution in [2.45, 2.75) is 38.4 Å². The first-order valence-electron chi connectivity index (χ1n) is 5.90. The fraction of sp³-hybridized carbons (Fsp3) is 0.917. The van der Waals surface area contributed by atoms with E-state index in [1.54, 1.807) is 11.8 Å². The normalized spacial score (nSPS) is 25.8. The first-order chi connectivity index (χ1) is 7.31. The maximum Gasteiger partial charge on any atom is 0.238 e. The highest BCUT2D eigenvalue weighted by Crippen LogP contribution is 2.39. The van der Waals surface area contributed by atoms with Gasteiger partial charge >= 0.3 is 0 Å². The molecule has 1 aliphatic heterocycles. The summed E-state index contributed by atoms with van der Waals surface area (Å²) < 4.78 is -0.195. The number of rotatable bonds is 4. The van der Waals surface area contributed by atoms with Gasteiger partial charge < -0.3 is 10.6 Å². The van der Waals surface area contributed by atoms with Gasteiger partial charge in [0, 0.05) is 13.6 Å². The molecule has 1 atom stereocenters. The molecular formula is C12H24N2OS. The number of carbonyl (C=O) groups is 1. The van der Waals surface area contributed by atoms with Crippen LogP contribution in [0, 0.1) is 5.41 Å². The van der Waals surface area contributed by atoms with E-state index in [0.29, 0.717) is 6.54 Å². The van der Waals surface area contributed by atoms with Gasteiger partial charge in [-0.15, -0.1) is 11.8 Å². The molecule has 0 bridgehead atoms. The summed E-state index contributed by atoms with van der Waals surface area (Å²) >= 11 is 1.79. The zero-order chi connectivity index (χ0) is 12.4. The van der Waals surface area contributed by atoms with Crippen molar-refractivity contribution in [2.24, 2.45) is 11.1 Å². The summed E-state index contributed by atoms with van der Waals surface area (Å²) in [5.41, 5.74) is 5.70. The second-order valence-corrected chi connectivity index (χ2v) is 7.31. The molecule has 1 fully saturated rings. The zero-order valence-electron chi connectivity index (χ0n) is 10.9. The third-order valence-corrected chi connectivity index (χ3v) is 4.74. The molecule has 0 aromatic heterocycles. The number of carbonyl (C=O) groups excluding carboxylic acids is 1. The van der Waals surface area contributed by atoms with E-state index >= 15 is 0 Å². The van der Waals surface area contributed by atoms with Crippen molar-refractivity contribution in [3.8, 4) is 0 Å². The third-order valence-electron chi connectivity index (χ3n) is 3.24. The van der Waals surface area contributed by atoms with Crippen LogP contribution in [0.2, 0.25) is 0 Å². The van der Waals surface area contributed by atoms with E-state index in [2.05, 4.69) is 20.8 Å². The van der Waals surface area contributed by atoms with E-state index in [0.717, 1.165) is 25.1 Å². The Morgan fingerprint density at radius 2 is 2.19 bits per heavy atom. The number of nitrogens with two attached hydrogens (primary N) is 1. The van der Waals surface area contributed by atoms with E-state index in [9.17, 15) is 4.79 Å². The highest BCUT2D eigenvalue weighted by atomic mass is 32.2. The molecule has 0 saturated carbocycles. The van der Waals surface area contributed by atoms with Crippen molar-refractivity contribution in [2.75, 3.05) is 25.9 Å². The second kappa shape index (κ2) is 4.96. The Balaban J connectivity index is 2.60. The minimum Gasteiger partial charge on any atom is -0.344 e. The molecule has 0 aliphatic carbocycles. The molecule has 1 amide bonds. The van der Waals surface area contributed by atoms with Crippen LogP contribution in [0.1, 0.15) is 33.6 Å². The largest absolute Gasteiger partial charge is 0.344 e. The van der Waals surface area contributed by atoms with Gasteiger partial charge in [0.25, 0.3) is 0 Å². The molecule has 0 radical (unpaired) electrons. The first-order valence-corrected chi connectivity index (χ1v) is 6.89. The van der Waals surface area contributed by atoms with Gasteiger partial charge in [-0.05, 0) is 37.5 Å². The van der Waals surface area contributed by atoms with Gasteiger partial charge in [-0.3, -0.25) is 4.79 Å². The standard InChI is InChI=1S/C12H24N2OS/c1-11(2,8-13)9-14(4)10(15)12(3)6-5-7-16-12/h5-9,13H2,1-4H3. The minimum atomic E-state index is -0.195. The molecule has 0 aromatic carbocycles. The van der Waals surface area contributed by atoms with Crippen LogP contribution in [-0.2, 0) is 4.79 Å². The monoisotopic (exact) mass is 244 g/mol. The molecule has 0 aromatic rings. The first kappa shape index (κ1) is 13.8. The molecule has 2 N–H and O–H groups in total. The predicted octanol–water partition coefficient (Wildman–Crippen LogP) is 1.72. The Hall–Kier alpha value is -0.220. The Kier molecular flexibility index (Phi) is 4.29. The highest BCUT2D eigenvalue weighted by molar-refractivity contribution is 8.01. The van der Waals surface area contributed by atoms with Gasteiger partial charge in [0.1, 0.15) is 0 Å². The third kappa shape index (κ3) is 3.14. The lowest BCUT2D eigenvalue weighted by molar-refractivity contribution is -0.133. The number of thioether (sulfide) groups is 1. The van der Waals surface area contributed by atoms with Crippen molar-refractivity contribution in [3.63, 3.8) is 0 Å². The smallest absolute Gasteiger partial charge is 0.238 e. The van der Waals surface area contributed by atoms with Gasteiger partial charge in [0.05, 0.1) is 4.75 Å².